The van der Waals surface area contributed by atoms with E-state index in [1.54, 1.807) is 37.5 Å². The standard InChI is InChI=1S/C25H25N7O3/c1-15(33)18-10-23(35-3)22(11-21(18)31-25(34)5-4-8-26-2)30-24-12-20(27-14-28-24)16-6-7-19-17(9-16)13-29-32-19/h4-7,9-14,26H,8H2,1-3H3,(H,29,32)(H,31,34)(H,27,28,30)/b5-4+. The van der Waals surface area contributed by atoms with Crippen LogP contribution in [0.25, 0.3) is 22.2 Å². The highest BCUT2D eigenvalue weighted by Crippen LogP contribution is 2.34. The number of ether oxygens (including phenoxy) is 1. The number of nitrogens with one attached hydrogen (secondary N) is 4. The van der Waals surface area contributed by atoms with Crippen molar-refractivity contribution >= 4 is 39.8 Å². The van der Waals surface area contributed by atoms with Crippen LogP contribution in [-0.2, 0) is 4.79 Å². The second kappa shape index (κ2) is 10.6. The average molecular weight is 472 g/mol. The first-order valence-electron chi connectivity index (χ1n) is 10.9. The molecule has 10 heteroatoms. The normalized spacial score (nSPS) is 11.1. The summed E-state index contributed by atoms with van der Waals surface area (Å²) in [6.45, 7) is 1.98. The van der Waals surface area contributed by atoms with E-state index in [0.717, 1.165) is 16.5 Å². The van der Waals surface area contributed by atoms with Crippen LogP contribution in [0.4, 0.5) is 17.2 Å². The van der Waals surface area contributed by atoms with Crippen LogP contribution in [0, 0.1) is 0 Å². The molecule has 1 amide bonds. The van der Waals surface area contributed by atoms with Crippen LogP contribution in [0.2, 0.25) is 0 Å². The topological polar surface area (TPSA) is 134 Å². The van der Waals surface area contributed by atoms with Gasteiger partial charge in [-0.25, -0.2) is 9.97 Å². The number of methoxy groups -OCH3 is 1. The number of aromatic nitrogens is 4. The van der Waals surface area contributed by atoms with E-state index >= 15 is 0 Å². The van der Waals surface area contributed by atoms with Gasteiger partial charge in [0.15, 0.2) is 5.78 Å². The zero-order valence-electron chi connectivity index (χ0n) is 19.5. The molecular weight excluding hydrogens is 446 g/mol. The van der Waals surface area contributed by atoms with E-state index in [4.69, 9.17) is 4.74 Å². The molecule has 4 N–H and O–H groups in total. The molecule has 0 saturated carbocycles. The average Bonchev–Trinajstić information content (AvgIpc) is 3.32. The maximum atomic E-state index is 12.3. The van der Waals surface area contributed by atoms with Crippen molar-refractivity contribution in [1.29, 1.82) is 0 Å². The zero-order chi connectivity index (χ0) is 24.8. The highest BCUT2D eigenvalue weighted by Gasteiger charge is 2.16. The number of hydrogen-bond acceptors (Lipinski definition) is 8. The number of Topliss-reactive ketones (excluding diaryl/α,β-unsaturated/α-hetero) is 1. The van der Waals surface area contributed by atoms with Crippen molar-refractivity contribution in [3.63, 3.8) is 0 Å². The van der Waals surface area contributed by atoms with Crippen molar-refractivity contribution in [1.82, 2.24) is 25.5 Å². The van der Waals surface area contributed by atoms with Gasteiger partial charge in [0, 0.05) is 35.2 Å². The van der Waals surface area contributed by atoms with Crippen LogP contribution in [0.1, 0.15) is 17.3 Å². The van der Waals surface area contributed by atoms with Gasteiger partial charge in [-0.3, -0.25) is 14.7 Å². The highest BCUT2D eigenvalue weighted by atomic mass is 16.5. The number of ketones is 1. The van der Waals surface area contributed by atoms with Gasteiger partial charge in [-0.05, 0) is 38.2 Å². The molecule has 0 bridgehead atoms. The van der Waals surface area contributed by atoms with Crippen LogP contribution < -0.4 is 20.7 Å². The molecule has 0 aliphatic rings. The second-order valence-electron chi connectivity index (χ2n) is 7.69. The van der Waals surface area contributed by atoms with E-state index in [1.165, 1.54) is 26.4 Å². The van der Waals surface area contributed by atoms with E-state index in [9.17, 15) is 9.59 Å². The third kappa shape index (κ3) is 5.50. The molecule has 178 valence electrons. The Balaban J connectivity index is 1.65. The lowest BCUT2D eigenvalue weighted by Crippen LogP contribution is -2.13. The number of carbonyl (C=O) groups excluding carboxylic acids is 2. The largest absolute Gasteiger partial charge is 0.495 e. The molecule has 0 spiro atoms. The number of likely N-dealkylation sites (N-methyl/N-ethyl adjacent to an activating group) is 1. The fraction of sp³-hybridized carbons (Fsp3) is 0.160. The summed E-state index contributed by atoms with van der Waals surface area (Å²) in [5.41, 5.74) is 3.78. The number of hydrogen-bond donors (Lipinski definition) is 4. The van der Waals surface area contributed by atoms with Crippen LogP contribution >= 0.6 is 0 Å². The number of fused-ring (bicyclic) bond motifs is 1. The van der Waals surface area contributed by atoms with Gasteiger partial charge in [-0.1, -0.05) is 12.1 Å². The summed E-state index contributed by atoms with van der Waals surface area (Å²) in [4.78, 5) is 33.3. The lowest BCUT2D eigenvalue weighted by atomic mass is 10.1. The Morgan fingerprint density at radius 1 is 1.11 bits per heavy atom. The van der Waals surface area contributed by atoms with Gasteiger partial charge in [-0.15, -0.1) is 0 Å². The van der Waals surface area contributed by atoms with E-state index < -0.39 is 0 Å². The van der Waals surface area contributed by atoms with Crippen LogP contribution in [-0.4, -0.2) is 52.6 Å². The summed E-state index contributed by atoms with van der Waals surface area (Å²) in [5, 5.41) is 16.9. The summed E-state index contributed by atoms with van der Waals surface area (Å²) in [6.07, 6.45) is 6.31. The summed E-state index contributed by atoms with van der Waals surface area (Å²) in [6, 6.07) is 10.9. The van der Waals surface area contributed by atoms with Crippen molar-refractivity contribution in [2.75, 3.05) is 31.3 Å². The van der Waals surface area contributed by atoms with E-state index in [2.05, 4.69) is 36.1 Å². The molecular formula is C25H25N7O3. The van der Waals surface area contributed by atoms with Crippen LogP contribution in [0.5, 0.6) is 5.75 Å². The van der Waals surface area contributed by atoms with Crippen LogP contribution in [0.3, 0.4) is 0 Å². The maximum absolute atomic E-state index is 12.3. The fourth-order valence-electron chi connectivity index (χ4n) is 3.52. The van der Waals surface area contributed by atoms with Crippen molar-refractivity contribution < 1.29 is 14.3 Å². The number of anilines is 3. The number of amides is 1. The van der Waals surface area contributed by atoms with Gasteiger partial charge in [0.05, 0.1) is 35.9 Å². The Labute approximate surface area is 201 Å². The summed E-state index contributed by atoms with van der Waals surface area (Å²) < 4.78 is 5.50. The number of benzene rings is 2. The highest BCUT2D eigenvalue weighted by molar-refractivity contribution is 6.07. The first-order chi connectivity index (χ1) is 17.0. The van der Waals surface area contributed by atoms with Crippen molar-refractivity contribution in [2.45, 2.75) is 6.92 Å². The molecule has 10 nitrogen and oxygen atoms in total. The van der Waals surface area contributed by atoms with Gasteiger partial charge in [-0.2, -0.15) is 5.10 Å². The Morgan fingerprint density at radius 2 is 1.97 bits per heavy atom. The van der Waals surface area contributed by atoms with Crippen molar-refractivity contribution in [3.8, 4) is 17.0 Å². The van der Waals surface area contributed by atoms with Gasteiger partial charge in [0.1, 0.15) is 17.9 Å². The monoisotopic (exact) mass is 471 g/mol. The SMILES string of the molecule is CNC/C=C/C(=O)Nc1cc(Nc2cc(-c3ccc4[nH]ncc4c3)ncn2)c(OC)cc1C(C)=O. The van der Waals surface area contributed by atoms with Gasteiger partial charge >= 0.3 is 0 Å². The van der Waals surface area contributed by atoms with E-state index in [-0.39, 0.29) is 11.7 Å². The summed E-state index contributed by atoms with van der Waals surface area (Å²) in [7, 11) is 3.29. The third-order valence-corrected chi connectivity index (χ3v) is 5.23. The minimum Gasteiger partial charge on any atom is -0.495 e. The number of H-pyrrole nitrogens is 1. The molecule has 35 heavy (non-hydrogen) atoms. The molecule has 0 aliphatic heterocycles. The van der Waals surface area contributed by atoms with Gasteiger partial charge in [0.25, 0.3) is 0 Å². The Morgan fingerprint density at radius 3 is 2.74 bits per heavy atom. The molecule has 0 atom stereocenters. The molecule has 2 aromatic carbocycles. The smallest absolute Gasteiger partial charge is 0.248 e. The lowest BCUT2D eigenvalue weighted by Gasteiger charge is -2.16. The van der Waals surface area contributed by atoms with E-state index in [1.807, 2.05) is 18.2 Å². The minimum atomic E-state index is -0.349. The molecule has 2 heterocycles. The number of rotatable bonds is 9. The van der Waals surface area contributed by atoms with Crippen LogP contribution in [0.15, 0.2) is 61.1 Å². The molecule has 0 radical (unpaired) electrons. The van der Waals surface area contributed by atoms with Gasteiger partial charge < -0.3 is 20.7 Å². The first-order valence-corrected chi connectivity index (χ1v) is 10.9. The fourth-order valence-corrected chi connectivity index (χ4v) is 3.52. The molecule has 0 fully saturated rings. The quantitative estimate of drug-likeness (QED) is 0.215. The predicted octanol–water partition coefficient (Wildman–Crippen LogP) is 3.69. The van der Waals surface area contributed by atoms with E-state index in [0.29, 0.717) is 40.7 Å². The molecule has 0 aliphatic carbocycles. The first kappa shape index (κ1) is 23.6. The number of nitrogens with zero attached hydrogens (tertiary/aromatic N) is 3. The van der Waals surface area contributed by atoms with Gasteiger partial charge in [0.2, 0.25) is 5.91 Å². The van der Waals surface area contributed by atoms with Crippen molar-refractivity contribution in [2.24, 2.45) is 0 Å². The lowest BCUT2D eigenvalue weighted by molar-refractivity contribution is -0.111. The Kier molecular flexibility index (Phi) is 7.12. The minimum absolute atomic E-state index is 0.205. The zero-order valence-corrected chi connectivity index (χ0v) is 19.5. The molecule has 4 aromatic rings. The van der Waals surface area contributed by atoms with Crippen molar-refractivity contribution in [3.05, 3.63) is 66.6 Å². The third-order valence-electron chi connectivity index (χ3n) is 5.23. The maximum Gasteiger partial charge on any atom is 0.248 e. The second-order valence-corrected chi connectivity index (χ2v) is 7.69. The molecule has 4 rings (SSSR count). The Bertz CT molecular complexity index is 1410. The number of aromatic amines is 1. The summed E-state index contributed by atoms with van der Waals surface area (Å²) >= 11 is 0. The predicted molar refractivity (Wildman–Crippen MR) is 135 cm³/mol. The summed E-state index contributed by atoms with van der Waals surface area (Å²) in [5.74, 6) is 0.391. The molecule has 0 unspecified atom stereocenters. The molecule has 0 saturated heterocycles. The Hall–Kier alpha value is -4.57. The number of carbonyl (C=O) groups is 2. The molecule has 2 aromatic heterocycles.